The van der Waals surface area contributed by atoms with Gasteiger partial charge in [-0.25, -0.2) is 4.79 Å². The number of amides is 1. The maximum absolute atomic E-state index is 12.1. The van der Waals surface area contributed by atoms with Gasteiger partial charge in [-0.15, -0.1) is 0 Å². The predicted molar refractivity (Wildman–Crippen MR) is 88.4 cm³/mol. The molecular weight excluding hydrogens is 334 g/mol. The van der Waals surface area contributed by atoms with Crippen LogP contribution >= 0.6 is 11.6 Å². The molecule has 2 N–H and O–H groups in total. The predicted octanol–water partition coefficient (Wildman–Crippen LogP) is 2.23. The van der Waals surface area contributed by atoms with Gasteiger partial charge in [0.05, 0.1) is 6.61 Å². The van der Waals surface area contributed by atoms with Gasteiger partial charge in [-0.3, -0.25) is 4.79 Å². The van der Waals surface area contributed by atoms with Crippen molar-refractivity contribution >= 4 is 34.2 Å². The first kappa shape index (κ1) is 16.5. The minimum atomic E-state index is -1.37. The number of benzene rings is 2. The summed E-state index contributed by atoms with van der Waals surface area (Å²) in [6, 6.07) is 10.8. The summed E-state index contributed by atoms with van der Waals surface area (Å²) >= 11 is 6.14. The largest absolute Gasteiger partial charge is 0.483 e. The molecule has 1 amide bonds. The maximum atomic E-state index is 12.1. The smallest absolute Gasteiger partial charge is 0.331 e. The van der Waals surface area contributed by atoms with E-state index in [4.69, 9.17) is 21.1 Å². The van der Waals surface area contributed by atoms with Crippen LogP contribution in [0.5, 0.6) is 5.75 Å². The van der Waals surface area contributed by atoms with Crippen molar-refractivity contribution in [1.82, 2.24) is 5.32 Å². The van der Waals surface area contributed by atoms with E-state index in [1.165, 1.54) is 0 Å². The number of nitrogens with one attached hydrogen (secondary N) is 1. The van der Waals surface area contributed by atoms with Crippen LogP contribution in [-0.4, -0.2) is 42.3 Å². The molecule has 2 aromatic carbocycles. The van der Waals surface area contributed by atoms with Gasteiger partial charge in [0.25, 0.3) is 5.91 Å². The van der Waals surface area contributed by atoms with Crippen LogP contribution in [0, 0.1) is 0 Å². The normalized spacial score (nSPS) is 20.0. The maximum Gasteiger partial charge on any atom is 0.331 e. The Balaban J connectivity index is 1.71. The zero-order valence-electron chi connectivity index (χ0n) is 12.8. The van der Waals surface area contributed by atoms with E-state index in [0.717, 1.165) is 10.8 Å². The summed E-state index contributed by atoms with van der Waals surface area (Å²) in [6.45, 7) is -0.0339. The molecule has 1 saturated heterocycles. The van der Waals surface area contributed by atoms with Crippen LogP contribution in [0.15, 0.2) is 36.4 Å². The van der Waals surface area contributed by atoms with Crippen LogP contribution in [0.4, 0.5) is 0 Å². The van der Waals surface area contributed by atoms with Crippen LogP contribution in [0.2, 0.25) is 5.02 Å². The van der Waals surface area contributed by atoms with Crippen molar-refractivity contribution < 1.29 is 24.2 Å². The molecule has 0 saturated carbocycles. The summed E-state index contributed by atoms with van der Waals surface area (Å²) in [7, 11) is 0. The highest BCUT2D eigenvalue weighted by molar-refractivity contribution is 6.35. The Morgan fingerprint density at radius 3 is 2.67 bits per heavy atom. The number of carbonyl (C=O) groups excluding carboxylic acids is 1. The van der Waals surface area contributed by atoms with Crippen LogP contribution in [-0.2, 0) is 14.3 Å². The molecule has 1 unspecified atom stereocenters. The van der Waals surface area contributed by atoms with Crippen molar-refractivity contribution in [2.45, 2.75) is 12.0 Å². The molecule has 1 fully saturated rings. The highest BCUT2D eigenvalue weighted by Crippen LogP contribution is 2.31. The lowest BCUT2D eigenvalue weighted by molar-refractivity contribution is -0.148. The first-order chi connectivity index (χ1) is 11.5. The Kier molecular flexibility index (Phi) is 4.59. The van der Waals surface area contributed by atoms with Gasteiger partial charge in [-0.2, -0.15) is 0 Å². The quantitative estimate of drug-likeness (QED) is 0.864. The lowest BCUT2D eigenvalue weighted by Crippen LogP contribution is -2.56. The van der Waals surface area contributed by atoms with Crippen molar-refractivity contribution in [2.24, 2.45) is 0 Å². The Bertz CT molecular complexity index is 786. The lowest BCUT2D eigenvalue weighted by Gasteiger charge is -2.23. The number of aliphatic carboxylic acids is 1. The molecule has 0 bridgehead atoms. The molecule has 3 rings (SSSR count). The van der Waals surface area contributed by atoms with E-state index in [1.54, 1.807) is 12.1 Å². The highest BCUT2D eigenvalue weighted by atomic mass is 35.5. The molecule has 1 atom stereocenters. The summed E-state index contributed by atoms with van der Waals surface area (Å²) in [5, 5.41) is 14.0. The van der Waals surface area contributed by atoms with E-state index in [0.29, 0.717) is 17.4 Å². The molecule has 0 spiro atoms. The second-order valence-corrected chi connectivity index (χ2v) is 6.03. The van der Waals surface area contributed by atoms with Gasteiger partial charge < -0.3 is 19.9 Å². The molecule has 7 heteroatoms. The number of carbonyl (C=O) groups is 2. The summed E-state index contributed by atoms with van der Waals surface area (Å²) in [5.41, 5.74) is -1.37. The number of rotatable bonds is 5. The van der Waals surface area contributed by atoms with Crippen LogP contribution in [0.3, 0.4) is 0 Å². The van der Waals surface area contributed by atoms with E-state index < -0.39 is 17.4 Å². The summed E-state index contributed by atoms with van der Waals surface area (Å²) < 4.78 is 10.7. The molecular formula is C17H16ClNO5. The second-order valence-electron chi connectivity index (χ2n) is 5.62. The first-order valence-electron chi connectivity index (χ1n) is 7.44. The van der Waals surface area contributed by atoms with Gasteiger partial charge in [-0.1, -0.05) is 35.9 Å². The molecule has 126 valence electrons. The molecule has 0 aromatic heterocycles. The van der Waals surface area contributed by atoms with Crippen LogP contribution in [0.1, 0.15) is 6.42 Å². The van der Waals surface area contributed by atoms with E-state index in [-0.39, 0.29) is 19.6 Å². The average Bonchev–Trinajstić information content (AvgIpc) is 3.04. The monoisotopic (exact) mass is 349 g/mol. The molecule has 24 heavy (non-hydrogen) atoms. The SMILES string of the molecule is O=C(COc1ccc(Cl)c2ccccc12)NC1(C(=O)O)CCOC1. The van der Waals surface area contributed by atoms with Crippen molar-refractivity contribution in [3.8, 4) is 5.75 Å². The Morgan fingerprint density at radius 1 is 1.25 bits per heavy atom. The summed E-state index contributed by atoms with van der Waals surface area (Å²) in [5.74, 6) is -1.11. The minimum absolute atomic E-state index is 0.0437. The van der Waals surface area contributed by atoms with Crippen molar-refractivity contribution in [3.63, 3.8) is 0 Å². The molecule has 0 radical (unpaired) electrons. The van der Waals surface area contributed by atoms with E-state index in [2.05, 4.69) is 5.32 Å². The van der Waals surface area contributed by atoms with Crippen LogP contribution in [0.25, 0.3) is 10.8 Å². The zero-order valence-corrected chi connectivity index (χ0v) is 13.5. The Hall–Kier alpha value is -2.31. The van der Waals surface area contributed by atoms with Crippen molar-refractivity contribution in [1.29, 1.82) is 0 Å². The molecule has 2 aromatic rings. The van der Waals surface area contributed by atoms with Gasteiger partial charge >= 0.3 is 5.97 Å². The number of fused-ring (bicyclic) bond motifs is 1. The third-order valence-electron chi connectivity index (χ3n) is 4.00. The third kappa shape index (κ3) is 3.16. The minimum Gasteiger partial charge on any atom is -0.483 e. The van der Waals surface area contributed by atoms with Gasteiger partial charge in [-0.05, 0) is 12.1 Å². The standard InChI is InChI=1S/C17H16ClNO5/c18-13-5-6-14(12-4-2-1-3-11(12)13)24-9-15(20)19-17(16(21)22)7-8-23-10-17/h1-6H,7-10H2,(H,19,20)(H,21,22). The van der Waals surface area contributed by atoms with Crippen molar-refractivity contribution in [3.05, 3.63) is 41.4 Å². The molecule has 1 aliphatic rings. The lowest BCUT2D eigenvalue weighted by atomic mass is 9.99. The molecule has 1 aliphatic heterocycles. The average molecular weight is 350 g/mol. The topological polar surface area (TPSA) is 84.9 Å². The Morgan fingerprint density at radius 2 is 2.00 bits per heavy atom. The number of carboxylic acids is 1. The van der Waals surface area contributed by atoms with Gasteiger partial charge in [0.2, 0.25) is 0 Å². The van der Waals surface area contributed by atoms with E-state index in [1.807, 2.05) is 24.3 Å². The van der Waals surface area contributed by atoms with Crippen LogP contribution < -0.4 is 10.1 Å². The van der Waals surface area contributed by atoms with E-state index >= 15 is 0 Å². The van der Waals surface area contributed by atoms with E-state index in [9.17, 15) is 14.7 Å². The fourth-order valence-electron chi connectivity index (χ4n) is 2.69. The molecule has 6 nitrogen and oxygen atoms in total. The van der Waals surface area contributed by atoms with Crippen molar-refractivity contribution in [2.75, 3.05) is 19.8 Å². The number of hydrogen-bond donors (Lipinski definition) is 2. The Labute approximate surface area is 143 Å². The summed E-state index contributed by atoms with van der Waals surface area (Å²) in [6.07, 6.45) is 0.234. The number of halogens is 1. The van der Waals surface area contributed by atoms with Gasteiger partial charge in [0, 0.05) is 28.8 Å². The first-order valence-corrected chi connectivity index (χ1v) is 7.82. The molecule has 0 aliphatic carbocycles. The van der Waals surface area contributed by atoms with Gasteiger partial charge in [0.15, 0.2) is 12.1 Å². The number of hydrogen-bond acceptors (Lipinski definition) is 4. The number of ether oxygens (including phenoxy) is 2. The number of carboxylic acid groups (broad SMARTS) is 1. The fraction of sp³-hybridized carbons (Fsp3) is 0.294. The summed E-state index contributed by atoms with van der Waals surface area (Å²) in [4.78, 5) is 23.5. The zero-order chi connectivity index (χ0) is 17.2. The second kappa shape index (κ2) is 6.67. The fourth-order valence-corrected chi connectivity index (χ4v) is 2.92. The highest BCUT2D eigenvalue weighted by Gasteiger charge is 2.43. The third-order valence-corrected chi connectivity index (χ3v) is 4.33. The van der Waals surface area contributed by atoms with Gasteiger partial charge in [0.1, 0.15) is 5.75 Å². The molecule has 1 heterocycles.